The van der Waals surface area contributed by atoms with Crippen molar-refractivity contribution in [3.8, 4) is 0 Å². The van der Waals surface area contributed by atoms with Crippen molar-refractivity contribution < 1.29 is 9.90 Å². The molecule has 3 aromatic carbocycles. The zero-order valence-corrected chi connectivity index (χ0v) is 23.2. The van der Waals surface area contributed by atoms with Gasteiger partial charge in [-0.05, 0) is 47.7 Å². The minimum atomic E-state index is -0.548. The standard InChI is InChI=1S/C30H26Br2N2O2/c1-30(2)16-23-26(24(35)17-30)25(18-11-13-20(31)14-12-18)27(28(36)19-7-4-3-5-8-19)29(33)34(23)22-10-6-9-21(32)15-22/h3-15,25,33,36H,16-17H2,1-2H3/b28-27+,33-29?. The second kappa shape index (κ2) is 9.49. The number of carbonyl (C=O) groups excluding carboxylic acids is 1. The molecule has 182 valence electrons. The van der Waals surface area contributed by atoms with Gasteiger partial charge in [-0.3, -0.25) is 15.1 Å². The number of carbonyl (C=O) groups is 1. The zero-order valence-electron chi connectivity index (χ0n) is 20.1. The number of hydrogen-bond acceptors (Lipinski definition) is 3. The molecule has 0 saturated carbocycles. The number of benzene rings is 3. The highest BCUT2D eigenvalue weighted by Gasteiger charge is 2.46. The third kappa shape index (κ3) is 4.48. The van der Waals surface area contributed by atoms with E-state index in [4.69, 9.17) is 0 Å². The smallest absolute Gasteiger partial charge is 0.162 e. The van der Waals surface area contributed by atoms with E-state index in [2.05, 4.69) is 45.7 Å². The Hall–Kier alpha value is -2.96. The Morgan fingerprint density at radius 3 is 2.31 bits per heavy atom. The topological polar surface area (TPSA) is 64.4 Å². The van der Waals surface area contributed by atoms with Crippen LogP contribution in [0.1, 0.15) is 43.7 Å². The Kier molecular flexibility index (Phi) is 6.52. The molecule has 0 fully saturated rings. The first-order valence-corrected chi connectivity index (χ1v) is 13.4. The lowest BCUT2D eigenvalue weighted by atomic mass is 9.67. The number of rotatable bonds is 3. The van der Waals surface area contributed by atoms with Crippen molar-refractivity contribution in [3.63, 3.8) is 0 Å². The SMILES string of the molecule is CC1(C)CC(=O)C2=C(C1)N(c1cccc(Br)c1)C(=N)/C(=C(/O)c1ccccc1)C2c1ccc(Br)cc1. The summed E-state index contributed by atoms with van der Waals surface area (Å²) in [5.74, 6) is -0.308. The van der Waals surface area contributed by atoms with Crippen LogP contribution in [0.3, 0.4) is 0 Å². The van der Waals surface area contributed by atoms with Crippen molar-refractivity contribution in [1.82, 2.24) is 0 Å². The van der Waals surface area contributed by atoms with Crippen LogP contribution in [0.15, 0.2) is 105 Å². The summed E-state index contributed by atoms with van der Waals surface area (Å²) in [7, 11) is 0. The van der Waals surface area contributed by atoms with Gasteiger partial charge in [0.15, 0.2) is 5.78 Å². The molecule has 0 amide bonds. The van der Waals surface area contributed by atoms with Gasteiger partial charge in [0, 0.05) is 49.4 Å². The van der Waals surface area contributed by atoms with Crippen LogP contribution in [-0.2, 0) is 4.79 Å². The van der Waals surface area contributed by atoms with Gasteiger partial charge < -0.3 is 5.11 Å². The van der Waals surface area contributed by atoms with Gasteiger partial charge in [-0.2, -0.15) is 0 Å². The predicted octanol–water partition coefficient (Wildman–Crippen LogP) is 8.41. The highest BCUT2D eigenvalue weighted by Crippen LogP contribution is 2.51. The summed E-state index contributed by atoms with van der Waals surface area (Å²) in [4.78, 5) is 15.7. The number of nitrogens with one attached hydrogen (secondary N) is 1. The molecule has 0 bridgehead atoms. The Labute approximate surface area is 228 Å². The van der Waals surface area contributed by atoms with Gasteiger partial charge in [0.25, 0.3) is 0 Å². The van der Waals surface area contributed by atoms with Crippen LogP contribution in [-0.4, -0.2) is 16.7 Å². The summed E-state index contributed by atoms with van der Waals surface area (Å²) in [5, 5.41) is 21.1. The normalized spacial score (nSPS) is 20.9. The fraction of sp³-hybridized carbons (Fsp3) is 0.200. The fourth-order valence-electron chi connectivity index (χ4n) is 5.25. The molecule has 36 heavy (non-hydrogen) atoms. The van der Waals surface area contributed by atoms with E-state index in [1.165, 1.54) is 0 Å². The molecule has 0 spiro atoms. The quantitative estimate of drug-likeness (QED) is 0.295. The summed E-state index contributed by atoms with van der Waals surface area (Å²) in [6.07, 6.45) is 1.06. The predicted molar refractivity (Wildman–Crippen MR) is 152 cm³/mol. The van der Waals surface area contributed by atoms with Crippen LogP contribution >= 0.6 is 31.9 Å². The maximum atomic E-state index is 13.9. The molecule has 1 heterocycles. The highest BCUT2D eigenvalue weighted by atomic mass is 79.9. The first-order chi connectivity index (χ1) is 17.2. The van der Waals surface area contributed by atoms with Crippen LogP contribution in [0.4, 0.5) is 5.69 Å². The first-order valence-electron chi connectivity index (χ1n) is 11.8. The van der Waals surface area contributed by atoms with Crippen LogP contribution in [0, 0.1) is 10.8 Å². The minimum absolute atomic E-state index is 0.0118. The molecule has 1 atom stereocenters. The summed E-state index contributed by atoms with van der Waals surface area (Å²) >= 11 is 7.07. The fourth-order valence-corrected chi connectivity index (χ4v) is 5.91. The summed E-state index contributed by atoms with van der Waals surface area (Å²) < 4.78 is 1.81. The second-order valence-corrected chi connectivity index (χ2v) is 11.9. The van der Waals surface area contributed by atoms with Gasteiger partial charge in [-0.1, -0.05) is 94.2 Å². The largest absolute Gasteiger partial charge is 0.507 e. The molecule has 6 heteroatoms. The van der Waals surface area contributed by atoms with Gasteiger partial charge in [0.05, 0.1) is 0 Å². The molecule has 4 nitrogen and oxygen atoms in total. The molecule has 2 N–H and O–H groups in total. The third-order valence-electron chi connectivity index (χ3n) is 6.79. The minimum Gasteiger partial charge on any atom is -0.507 e. The number of ketones is 1. The number of amidine groups is 1. The summed E-state index contributed by atoms with van der Waals surface area (Å²) in [6.45, 7) is 4.19. The number of anilines is 1. The molecule has 1 aliphatic heterocycles. The van der Waals surface area contributed by atoms with Crippen LogP contribution < -0.4 is 4.90 Å². The molecule has 0 radical (unpaired) electrons. The average Bonchev–Trinajstić information content (AvgIpc) is 2.83. The number of aliphatic hydroxyl groups is 1. The van der Waals surface area contributed by atoms with E-state index in [0.717, 1.165) is 25.9 Å². The number of nitrogens with zero attached hydrogens (tertiary/aromatic N) is 1. The average molecular weight is 606 g/mol. The Morgan fingerprint density at radius 1 is 0.944 bits per heavy atom. The van der Waals surface area contributed by atoms with Crippen molar-refractivity contribution in [3.05, 3.63) is 116 Å². The lowest BCUT2D eigenvalue weighted by molar-refractivity contribution is -0.118. The van der Waals surface area contributed by atoms with Gasteiger partial charge in [0.1, 0.15) is 11.6 Å². The van der Waals surface area contributed by atoms with Crippen molar-refractivity contribution in [1.29, 1.82) is 5.41 Å². The van der Waals surface area contributed by atoms with E-state index >= 15 is 0 Å². The molecule has 0 saturated heterocycles. The molecule has 1 aliphatic carbocycles. The maximum absolute atomic E-state index is 13.9. The van der Waals surface area contributed by atoms with Gasteiger partial charge >= 0.3 is 0 Å². The van der Waals surface area contributed by atoms with Crippen LogP contribution in [0.2, 0.25) is 0 Å². The van der Waals surface area contributed by atoms with Crippen molar-refractivity contribution >= 4 is 54.9 Å². The maximum Gasteiger partial charge on any atom is 0.162 e. The molecule has 5 rings (SSSR count). The zero-order chi connectivity index (χ0) is 25.6. The van der Waals surface area contributed by atoms with Gasteiger partial charge in [-0.15, -0.1) is 0 Å². The monoisotopic (exact) mass is 604 g/mol. The molecule has 3 aromatic rings. The summed E-state index contributed by atoms with van der Waals surface area (Å²) in [5.41, 5.74) is 3.93. The number of hydrogen-bond donors (Lipinski definition) is 2. The van der Waals surface area contributed by atoms with Crippen molar-refractivity contribution in [2.45, 2.75) is 32.6 Å². The number of halogens is 2. The lowest BCUT2D eigenvalue weighted by Gasteiger charge is -2.45. The molecular formula is C30H26Br2N2O2. The third-order valence-corrected chi connectivity index (χ3v) is 7.82. The van der Waals surface area contributed by atoms with E-state index in [9.17, 15) is 15.3 Å². The lowest BCUT2D eigenvalue weighted by Crippen LogP contribution is -2.45. The van der Waals surface area contributed by atoms with Gasteiger partial charge in [0.2, 0.25) is 0 Å². The van der Waals surface area contributed by atoms with Crippen molar-refractivity contribution in [2.75, 3.05) is 4.90 Å². The van der Waals surface area contributed by atoms with E-state index in [1.807, 2.05) is 83.8 Å². The number of Topliss-reactive ketones (excluding diaryl/α,β-unsaturated/α-hetero) is 1. The molecule has 1 unspecified atom stereocenters. The number of allylic oxidation sites excluding steroid dienone is 2. The van der Waals surface area contributed by atoms with E-state index in [0.29, 0.717) is 29.6 Å². The Balaban J connectivity index is 1.86. The summed E-state index contributed by atoms with van der Waals surface area (Å²) in [6, 6.07) is 24.8. The Bertz CT molecular complexity index is 1420. The van der Waals surface area contributed by atoms with Crippen LogP contribution in [0.25, 0.3) is 5.76 Å². The van der Waals surface area contributed by atoms with E-state index < -0.39 is 5.92 Å². The Morgan fingerprint density at radius 2 is 1.64 bits per heavy atom. The molecule has 2 aliphatic rings. The first kappa shape index (κ1) is 24.7. The van der Waals surface area contributed by atoms with E-state index in [-0.39, 0.29) is 22.8 Å². The van der Waals surface area contributed by atoms with Crippen molar-refractivity contribution in [2.24, 2.45) is 5.41 Å². The molecular weight excluding hydrogens is 580 g/mol. The number of aliphatic hydroxyl groups excluding tert-OH is 1. The molecule has 0 aromatic heterocycles. The second-order valence-electron chi connectivity index (χ2n) is 10.1. The van der Waals surface area contributed by atoms with Gasteiger partial charge in [-0.25, -0.2) is 0 Å². The highest BCUT2D eigenvalue weighted by molar-refractivity contribution is 9.10. The van der Waals surface area contributed by atoms with Crippen LogP contribution in [0.5, 0.6) is 0 Å². The van der Waals surface area contributed by atoms with E-state index in [1.54, 1.807) is 0 Å².